The standard InChI is InChI=1S/C10H20O6Si/c1-6-7-16-10(8(2)9(11)12)17(13-3,14-4)15-5/h6-7H2,1-5H3,(H,11,12). The van der Waals surface area contributed by atoms with E-state index in [0.717, 1.165) is 6.42 Å². The molecule has 0 bridgehead atoms. The predicted octanol–water partition coefficient (Wildman–Crippen LogP) is 1.19. The van der Waals surface area contributed by atoms with E-state index in [9.17, 15) is 4.79 Å². The highest BCUT2D eigenvalue weighted by Gasteiger charge is 2.47. The number of carbonyl (C=O) groups is 1. The van der Waals surface area contributed by atoms with Crippen LogP contribution in [0.4, 0.5) is 0 Å². The summed E-state index contributed by atoms with van der Waals surface area (Å²) in [6, 6.07) is 0. The minimum absolute atomic E-state index is 0.0377. The summed E-state index contributed by atoms with van der Waals surface area (Å²) in [5.74, 6) is -1.08. The van der Waals surface area contributed by atoms with Gasteiger partial charge in [0.1, 0.15) is 0 Å². The molecule has 1 N–H and O–H groups in total. The summed E-state index contributed by atoms with van der Waals surface area (Å²) in [5.41, 5.74) is 0.0377. The van der Waals surface area contributed by atoms with Crippen LogP contribution in [0, 0.1) is 0 Å². The molecule has 0 aromatic carbocycles. The van der Waals surface area contributed by atoms with E-state index in [1.807, 2.05) is 6.92 Å². The minimum Gasteiger partial charge on any atom is -0.494 e. The van der Waals surface area contributed by atoms with Gasteiger partial charge in [0.15, 0.2) is 5.38 Å². The fraction of sp³-hybridized carbons (Fsp3) is 0.700. The molecule has 0 saturated carbocycles. The monoisotopic (exact) mass is 264 g/mol. The summed E-state index contributed by atoms with van der Waals surface area (Å²) in [5, 5.41) is 9.17. The van der Waals surface area contributed by atoms with Crippen molar-refractivity contribution in [3.05, 3.63) is 11.0 Å². The molecule has 17 heavy (non-hydrogen) atoms. The molecule has 0 fully saturated rings. The maximum atomic E-state index is 11.0. The Balaban J connectivity index is 5.42. The molecule has 7 heteroatoms. The molecule has 0 aliphatic rings. The van der Waals surface area contributed by atoms with Crippen molar-refractivity contribution in [1.29, 1.82) is 0 Å². The van der Waals surface area contributed by atoms with Crippen LogP contribution in [-0.4, -0.2) is 47.8 Å². The maximum Gasteiger partial charge on any atom is 0.573 e. The largest absolute Gasteiger partial charge is 0.573 e. The van der Waals surface area contributed by atoms with E-state index in [4.69, 9.17) is 23.1 Å². The Morgan fingerprint density at radius 2 is 1.65 bits per heavy atom. The van der Waals surface area contributed by atoms with Crippen molar-refractivity contribution < 1.29 is 27.9 Å². The van der Waals surface area contributed by atoms with Crippen molar-refractivity contribution in [1.82, 2.24) is 0 Å². The van der Waals surface area contributed by atoms with Crippen molar-refractivity contribution in [3.8, 4) is 0 Å². The lowest BCUT2D eigenvalue weighted by molar-refractivity contribution is -0.132. The molecule has 0 unspecified atom stereocenters. The van der Waals surface area contributed by atoms with E-state index in [2.05, 4.69) is 0 Å². The molecule has 0 aliphatic carbocycles. The van der Waals surface area contributed by atoms with Crippen molar-refractivity contribution >= 4 is 14.8 Å². The second-order valence-corrected chi connectivity index (χ2v) is 6.07. The molecule has 0 radical (unpaired) electrons. The van der Waals surface area contributed by atoms with Crippen LogP contribution in [0.15, 0.2) is 11.0 Å². The van der Waals surface area contributed by atoms with Crippen LogP contribution >= 0.6 is 0 Å². The van der Waals surface area contributed by atoms with E-state index in [-0.39, 0.29) is 11.0 Å². The lowest BCUT2D eigenvalue weighted by atomic mass is 10.3. The van der Waals surface area contributed by atoms with E-state index >= 15 is 0 Å². The average Bonchev–Trinajstić information content (AvgIpc) is 2.34. The number of carboxylic acids is 1. The zero-order chi connectivity index (χ0) is 13.5. The van der Waals surface area contributed by atoms with Crippen LogP contribution in [0.5, 0.6) is 0 Å². The lowest BCUT2D eigenvalue weighted by Gasteiger charge is -2.27. The molecule has 0 spiro atoms. The van der Waals surface area contributed by atoms with Crippen LogP contribution in [0.2, 0.25) is 0 Å². The van der Waals surface area contributed by atoms with Crippen LogP contribution in [0.1, 0.15) is 20.3 Å². The number of hydrogen-bond donors (Lipinski definition) is 1. The zero-order valence-electron chi connectivity index (χ0n) is 10.9. The molecule has 0 rings (SSSR count). The molecule has 0 aliphatic heterocycles. The van der Waals surface area contributed by atoms with Gasteiger partial charge in [-0.3, -0.25) is 0 Å². The van der Waals surface area contributed by atoms with Crippen molar-refractivity contribution in [2.75, 3.05) is 27.9 Å². The van der Waals surface area contributed by atoms with Gasteiger partial charge in [-0.25, -0.2) is 4.79 Å². The van der Waals surface area contributed by atoms with Gasteiger partial charge in [-0.05, 0) is 13.3 Å². The normalized spacial score (nSPS) is 13.2. The Hall–Kier alpha value is -0.893. The van der Waals surface area contributed by atoms with E-state index in [1.54, 1.807) is 0 Å². The van der Waals surface area contributed by atoms with Crippen LogP contribution in [0.25, 0.3) is 0 Å². The average molecular weight is 264 g/mol. The second kappa shape index (κ2) is 7.44. The van der Waals surface area contributed by atoms with Crippen molar-refractivity contribution in [2.24, 2.45) is 0 Å². The fourth-order valence-corrected chi connectivity index (χ4v) is 3.16. The Morgan fingerprint density at radius 1 is 1.18 bits per heavy atom. The molecule has 100 valence electrons. The van der Waals surface area contributed by atoms with Gasteiger partial charge in [-0.2, -0.15) is 0 Å². The van der Waals surface area contributed by atoms with Crippen LogP contribution in [-0.2, 0) is 22.8 Å². The molecule has 0 amide bonds. The zero-order valence-corrected chi connectivity index (χ0v) is 11.9. The van der Waals surface area contributed by atoms with Crippen LogP contribution in [0.3, 0.4) is 0 Å². The third kappa shape index (κ3) is 3.81. The first-order valence-corrected chi connectivity index (χ1v) is 6.94. The summed E-state index contributed by atoms with van der Waals surface area (Å²) < 4.78 is 21.1. The second-order valence-electron chi connectivity index (χ2n) is 3.28. The first kappa shape index (κ1) is 16.1. The van der Waals surface area contributed by atoms with Crippen LogP contribution < -0.4 is 0 Å². The van der Waals surface area contributed by atoms with E-state index < -0.39 is 14.8 Å². The molecule has 0 aromatic rings. The maximum absolute atomic E-state index is 11.0. The summed E-state index contributed by atoms with van der Waals surface area (Å²) in [7, 11) is 0.986. The van der Waals surface area contributed by atoms with Gasteiger partial charge in [0.25, 0.3) is 0 Å². The number of aliphatic carboxylic acids is 1. The summed E-state index contributed by atoms with van der Waals surface area (Å²) >= 11 is 0. The summed E-state index contributed by atoms with van der Waals surface area (Å²) in [6.07, 6.45) is 0.748. The molecule has 0 heterocycles. The molecular weight excluding hydrogens is 244 g/mol. The van der Waals surface area contributed by atoms with Gasteiger partial charge >= 0.3 is 14.8 Å². The first-order valence-electron chi connectivity index (χ1n) is 5.21. The third-order valence-electron chi connectivity index (χ3n) is 2.20. The molecule has 0 saturated heterocycles. The first-order chi connectivity index (χ1) is 7.98. The van der Waals surface area contributed by atoms with Gasteiger partial charge in [0.2, 0.25) is 0 Å². The number of ether oxygens (including phenoxy) is 1. The molecular formula is C10H20O6Si. The van der Waals surface area contributed by atoms with Crippen molar-refractivity contribution in [2.45, 2.75) is 20.3 Å². The quantitative estimate of drug-likeness (QED) is 0.403. The number of rotatable bonds is 8. The Bertz CT molecular complexity index is 276. The highest BCUT2D eigenvalue weighted by atomic mass is 28.4. The number of carboxylic acid groups (broad SMARTS) is 1. The Morgan fingerprint density at radius 3 is 1.94 bits per heavy atom. The minimum atomic E-state index is -3.23. The van der Waals surface area contributed by atoms with Gasteiger partial charge in [-0.1, -0.05) is 6.92 Å². The number of hydrogen-bond acceptors (Lipinski definition) is 5. The van der Waals surface area contributed by atoms with Crippen molar-refractivity contribution in [3.63, 3.8) is 0 Å². The fourth-order valence-electron chi connectivity index (χ4n) is 1.26. The van der Waals surface area contributed by atoms with Gasteiger partial charge in [0, 0.05) is 21.3 Å². The summed E-state index contributed by atoms with van der Waals surface area (Å²) in [6.45, 7) is 3.74. The van der Waals surface area contributed by atoms with E-state index in [1.165, 1.54) is 28.3 Å². The third-order valence-corrected chi connectivity index (χ3v) is 4.88. The molecule has 0 atom stereocenters. The van der Waals surface area contributed by atoms with Gasteiger partial charge < -0.3 is 23.1 Å². The van der Waals surface area contributed by atoms with Gasteiger partial charge in [0.05, 0.1) is 12.2 Å². The predicted molar refractivity (Wildman–Crippen MR) is 63.4 cm³/mol. The Labute approximate surface area is 102 Å². The van der Waals surface area contributed by atoms with Gasteiger partial charge in [-0.15, -0.1) is 0 Å². The topological polar surface area (TPSA) is 74.2 Å². The molecule has 6 nitrogen and oxygen atoms in total. The summed E-state index contributed by atoms with van der Waals surface area (Å²) in [4.78, 5) is 11.0. The molecule has 0 aromatic heterocycles. The highest BCUT2D eigenvalue weighted by molar-refractivity contribution is 6.68. The Kier molecular flexibility index (Phi) is 7.05. The SMILES string of the molecule is CCCOC(=C(C)C(=O)O)[Si](OC)(OC)OC. The van der Waals surface area contributed by atoms with E-state index in [0.29, 0.717) is 6.61 Å². The highest BCUT2D eigenvalue weighted by Crippen LogP contribution is 2.23. The smallest absolute Gasteiger partial charge is 0.494 e. The lowest BCUT2D eigenvalue weighted by Crippen LogP contribution is -2.47.